The summed E-state index contributed by atoms with van der Waals surface area (Å²) in [5, 5.41) is 9.75. The maximum absolute atomic E-state index is 12.3. The van der Waals surface area contributed by atoms with Gasteiger partial charge in [0.2, 0.25) is 5.91 Å². The quantitative estimate of drug-likeness (QED) is 0.767. The van der Waals surface area contributed by atoms with Crippen molar-refractivity contribution in [2.75, 3.05) is 13.1 Å². The molecule has 0 unspecified atom stereocenters. The lowest BCUT2D eigenvalue weighted by atomic mass is 9.96. The molecule has 1 aliphatic heterocycles. The first-order chi connectivity index (χ1) is 8.99. The Labute approximate surface area is 124 Å². The standard InChI is InChI=1S/C13H15IN2O3/c14-9-1-2-11(17)10(7-9)13(19)16-5-3-8(4-6-16)12(15)18/h1-2,7-8,17H,3-6H2,(H2,15,18). The number of nitrogens with zero attached hydrogens (tertiary/aromatic N) is 1. The van der Waals surface area contributed by atoms with Crippen molar-refractivity contribution >= 4 is 34.4 Å². The second kappa shape index (κ2) is 5.77. The minimum absolute atomic E-state index is 0.0116. The molecule has 1 saturated heterocycles. The Morgan fingerprint density at radius 3 is 2.53 bits per heavy atom. The Balaban J connectivity index is 2.09. The summed E-state index contributed by atoms with van der Waals surface area (Å²) < 4.78 is 0.894. The molecule has 0 spiro atoms. The maximum Gasteiger partial charge on any atom is 0.257 e. The van der Waals surface area contributed by atoms with Gasteiger partial charge in [0.05, 0.1) is 5.56 Å². The van der Waals surface area contributed by atoms with Gasteiger partial charge >= 0.3 is 0 Å². The highest BCUT2D eigenvalue weighted by molar-refractivity contribution is 14.1. The van der Waals surface area contributed by atoms with Gasteiger partial charge in [-0.15, -0.1) is 0 Å². The van der Waals surface area contributed by atoms with Gasteiger partial charge in [0, 0.05) is 22.6 Å². The Hall–Kier alpha value is -1.31. The summed E-state index contributed by atoms with van der Waals surface area (Å²) in [6.45, 7) is 0.995. The first kappa shape index (κ1) is 14.1. The van der Waals surface area contributed by atoms with E-state index in [1.165, 1.54) is 6.07 Å². The first-order valence-corrected chi connectivity index (χ1v) is 7.14. The zero-order chi connectivity index (χ0) is 14.0. The molecule has 2 rings (SSSR count). The van der Waals surface area contributed by atoms with Crippen LogP contribution in [-0.4, -0.2) is 34.9 Å². The van der Waals surface area contributed by atoms with Crippen LogP contribution in [-0.2, 0) is 4.79 Å². The zero-order valence-corrected chi connectivity index (χ0v) is 12.5. The first-order valence-electron chi connectivity index (χ1n) is 6.06. The van der Waals surface area contributed by atoms with Crippen molar-refractivity contribution in [3.8, 4) is 5.75 Å². The minimum Gasteiger partial charge on any atom is -0.507 e. The van der Waals surface area contributed by atoms with Gasteiger partial charge < -0.3 is 15.7 Å². The number of primary amides is 1. The molecule has 1 heterocycles. The number of rotatable bonds is 2. The van der Waals surface area contributed by atoms with Crippen LogP contribution in [0.25, 0.3) is 0 Å². The monoisotopic (exact) mass is 374 g/mol. The second-order valence-electron chi connectivity index (χ2n) is 4.63. The summed E-state index contributed by atoms with van der Waals surface area (Å²) in [5.41, 5.74) is 5.57. The molecule has 0 radical (unpaired) electrons. The van der Waals surface area contributed by atoms with E-state index < -0.39 is 0 Å². The Morgan fingerprint density at radius 2 is 1.95 bits per heavy atom. The molecule has 1 aliphatic rings. The Morgan fingerprint density at radius 1 is 1.32 bits per heavy atom. The number of piperidine rings is 1. The van der Waals surface area contributed by atoms with Crippen molar-refractivity contribution in [3.05, 3.63) is 27.3 Å². The van der Waals surface area contributed by atoms with Gasteiger partial charge in [0.25, 0.3) is 5.91 Å². The third-order valence-electron chi connectivity index (χ3n) is 3.37. The van der Waals surface area contributed by atoms with E-state index in [1.807, 2.05) is 0 Å². The maximum atomic E-state index is 12.3. The lowest BCUT2D eigenvalue weighted by Gasteiger charge is -2.30. The van der Waals surface area contributed by atoms with Crippen molar-refractivity contribution in [2.24, 2.45) is 11.7 Å². The summed E-state index contributed by atoms with van der Waals surface area (Å²) in [6, 6.07) is 4.93. The van der Waals surface area contributed by atoms with Crippen LogP contribution < -0.4 is 5.73 Å². The number of aromatic hydroxyl groups is 1. The molecule has 3 N–H and O–H groups in total. The SMILES string of the molecule is NC(=O)C1CCN(C(=O)c2cc(I)ccc2O)CC1. The molecular weight excluding hydrogens is 359 g/mol. The summed E-state index contributed by atoms with van der Waals surface area (Å²) in [6.07, 6.45) is 1.18. The van der Waals surface area contributed by atoms with Gasteiger partial charge in [-0.3, -0.25) is 9.59 Å². The predicted molar refractivity (Wildman–Crippen MR) is 78.6 cm³/mol. The predicted octanol–water partition coefficient (Wildman–Crippen LogP) is 1.33. The lowest BCUT2D eigenvalue weighted by molar-refractivity contribution is -0.123. The van der Waals surface area contributed by atoms with Crippen molar-refractivity contribution in [1.82, 2.24) is 4.90 Å². The van der Waals surface area contributed by atoms with Gasteiger partial charge in [-0.2, -0.15) is 0 Å². The van der Waals surface area contributed by atoms with Crippen LogP contribution in [0.1, 0.15) is 23.2 Å². The second-order valence-corrected chi connectivity index (χ2v) is 5.88. The van der Waals surface area contributed by atoms with E-state index in [2.05, 4.69) is 22.6 Å². The molecule has 0 bridgehead atoms. The number of hydrogen-bond acceptors (Lipinski definition) is 3. The van der Waals surface area contributed by atoms with Crippen molar-refractivity contribution in [2.45, 2.75) is 12.8 Å². The van der Waals surface area contributed by atoms with Gasteiger partial charge in [0.15, 0.2) is 0 Å². The van der Waals surface area contributed by atoms with Gasteiger partial charge in [-0.05, 0) is 53.6 Å². The molecule has 0 atom stereocenters. The number of likely N-dealkylation sites (tertiary alicyclic amines) is 1. The highest BCUT2D eigenvalue weighted by Crippen LogP contribution is 2.24. The number of hydrogen-bond donors (Lipinski definition) is 2. The molecule has 0 aliphatic carbocycles. The topological polar surface area (TPSA) is 83.6 Å². The van der Waals surface area contributed by atoms with E-state index in [4.69, 9.17) is 5.73 Å². The van der Waals surface area contributed by atoms with Crippen molar-refractivity contribution in [3.63, 3.8) is 0 Å². The van der Waals surface area contributed by atoms with Gasteiger partial charge in [0.1, 0.15) is 5.75 Å². The minimum atomic E-state index is -0.302. The molecule has 0 saturated carbocycles. The van der Waals surface area contributed by atoms with Crippen LogP contribution in [0, 0.1) is 9.49 Å². The molecule has 102 valence electrons. The number of halogens is 1. The highest BCUT2D eigenvalue weighted by Gasteiger charge is 2.27. The number of benzene rings is 1. The number of nitrogens with two attached hydrogens (primary N) is 1. The van der Waals surface area contributed by atoms with E-state index in [9.17, 15) is 14.7 Å². The molecule has 1 aromatic rings. The van der Waals surface area contributed by atoms with Crippen LogP contribution in [0.2, 0.25) is 0 Å². The lowest BCUT2D eigenvalue weighted by Crippen LogP contribution is -2.41. The number of carbonyl (C=O) groups is 2. The van der Waals surface area contributed by atoms with Gasteiger partial charge in [-0.25, -0.2) is 0 Å². The molecule has 1 aromatic carbocycles. The zero-order valence-electron chi connectivity index (χ0n) is 10.3. The molecule has 0 aromatic heterocycles. The average molecular weight is 374 g/mol. The van der Waals surface area contributed by atoms with Crippen LogP contribution in [0.5, 0.6) is 5.75 Å². The summed E-state index contributed by atoms with van der Waals surface area (Å²) in [5.74, 6) is -0.654. The molecule has 5 nitrogen and oxygen atoms in total. The molecule has 2 amide bonds. The van der Waals surface area contributed by atoms with Crippen molar-refractivity contribution < 1.29 is 14.7 Å². The molecule has 6 heteroatoms. The fourth-order valence-electron chi connectivity index (χ4n) is 2.22. The van der Waals surface area contributed by atoms with Gasteiger partial charge in [-0.1, -0.05) is 0 Å². The number of phenolic OH excluding ortho intramolecular Hbond substituents is 1. The largest absolute Gasteiger partial charge is 0.507 e. The summed E-state index contributed by atoms with van der Waals surface area (Å²) in [7, 11) is 0. The van der Waals surface area contributed by atoms with E-state index in [0.717, 1.165) is 3.57 Å². The van der Waals surface area contributed by atoms with Crippen LogP contribution >= 0.6 is 22.6 Å². The third kappa shape index (κ3) is 3.17. The Kier molecular flexibility index (Phi) is 4.28. The van der Waals surface area contributed by atoms with Crippen molar-refractivity contribution in [1.29, 1.82) is 0 Å². The van der Waals surface area contributed by atoms with E-state index >= 15 is 0 Å². The summed E-state index contributed by atoms with van der Waals surface area (Å²) in [4.78, 5) is 25.0. The van der Waals surface area contributed by atoms with Crippen LogP contribution in [0.15, 0.2) is 18.2 Å². The normalized spacial score (nSPS) is 16.4. The Bertz CT molecular complexity index is 511. The molecule has 1 fully saturated rings. The number of carbonyl (C=O) groups excluding carboxylic acids is 2. The number of phenols is 1. The fraction of sp³-hybridized carbons (Fsp3) is 0.385. The fourth-order valence-corrected chi connectivity index (χ4v) is 2.71. The molecular formula is C13H15IN2O3. The average Bonchev–Trinajstić information content (AvgIpc) is 2.41. The smallest absolute Gasteiger partial charge is 0.257 e. The van der Waals surface area contributed by atoms with E-state index in [1.54, 1.807) is 17.0 Å². The third-order valence-corrected chi connectivity index (χ3v) is 4.04. The van der Waals surface area contributed by atoms with E-state index in [0.29, 0.717) is 31.5 Å². The van der Waals surface area contributed by atoms with Crippen LogP contribution in [0.4, 0.5) is 0 Å². The number of amides is 2. The molecule has 19 heavy (non-hydrogen) atoms. The summed E-state index contributed by atoms with van der Waals surface area (Å²) >= 11 is 2.10. The highest BCUT2D eigenvalue weighted by atomic mass is 127. The van der Waals surface area contributed by atoms with E-state index in [-0.39, 0.29) is 23.5 Å². The van der Waals surface area contributed by atoms with Crippen LogP contribution in [0.3, 0.4) is 0 Å².